The number of aromatic nitrogens is 1. The van der Waals surface area contributed by atoms with Crippen LogP contribution in [0, 0.1) is 0 Å². The zero-order valence-electron chi connectivity index (χ0n) is 8.56. The van der Waals surface area contributed by atoms with Crippen LogP contribution in [0.1, 0.15) is 12.8 Å². The van der Waals surface area contributed by atoms with E-state index in [-0.39, 0.29) is 11.8 Å². The molecule has 1 unspecified atom stereocenters. The van der Waals surface area contributed by atoms with Crippen LogP contribution in [0.5, 0.6) is 0 Å². The molecule has 1 aliphatic heterocycles. The SMILES string of the molecule is Nc1cnccc1NC1CCC(=O)NC1=O. The van der Waals surface area contributed by atoms with Gasteiger partial charge in [-0.05, 0) is 12.5 Å². The zero-order chi connectivity index (χ0) is 11.5. The van der Waals surface area contributed by atoms with Gasteiger partial charge in [-0.1, -0.05) is 0 Å². The van der Waals surface area contributed by atoms with Gasteiger partial charge in [0, 0.05) is 12.6 Å². The predicted molar refractivity (Wildman–Crippen MR) is 58.4 cm³/mol. The molecule has 4 N–H and O–H groups in total. The number of nitrogens with one attached hydrogen (secondary N) is 2. The molecule has 1 saturated heterocycles. The fraction of sp³-hybridized carbons (Fsp3) is 0.300. The quantitative estimate of drug-likeness (QED) is 0.604. The zero-order valence-corrected chi connectivity index (χ0v) is 8.56. The second-order valence-corrected chi connectivity index (χ2v) is 3.61. The molecule has 0 bridgehead atoms. The van der Waals surface area contributed by atoms with Gasteiger partial charge >= 0.3 is 0 Å². The van der Waals surface area contributed by atoms with Gasteiger partial charge < -0.3 is 11.1 Å². The Morgan fingerprint density at radius 3 is 3.00 bits per heavy atom. The van der Waals surface area contributed by atoms with E-state index in [1.165, 1.54) is 6.20 Å². The lowest BCUT2D eigenvalue weighted by atomic mass is 10.1. The highest BCUT2D eigenvalue weighted by Crippen LogP contribution is 2.18. The number of nitrogens with zero attached hydrogens (tertiary/aromatic N) is 1. The van der Waals surface area contributed by atoms with E-state index in [0.29, 0.717) is 24.2 Å². The molecule has 0 aliphatic carbocycles. The van der Waals surface area contributed by atoms with Crippen molar-refractivity contribution in [2.75, 3.05) is 11.1 Å². The van der Waals surface area contributed by atoms with Crippen molar-refractivity contribution >= 4 is 23.2 Å². The Kier molecular flexibility index (Phi) is 2.72. The summed E-state index contributed by atoms with van der Waals surface area (Å²) in [6, 6.07) is 1.28. The number of nitrogen functional groups attached to an aromatic ring is 1. The topological polar surface area (TPSA) is 97.1 Å². The number of hydrogen-bond acceptors (Lipinski definition) is 5. The molecule has 0 saturated carbocycles. The lowest BCUT2D eigenvalue weighted by molar-refractivity contribution is -0.133. The van der Waals surface area contributed by atoms with Gasteiger partial charge in [0.2, 0.25) is 11.8 Å². The second kappa shape index (κ2) is 4.18. The van der Waals surface area contributed by atoms with Gasteiger partial charge in [-0.2, -0.15) is 0 Å². The minimum absolute atomic E-state index is 0.231. The summed E-state index contributed by atoms with van der Waals surface area (Å²) in [7, 11) is 0. The standard InChI is InChI=1S/C10H12N4O2/c11-6-5-12-4-3-7(6)13-8-1-2-9(15)14-10(8)16/h3-5,8H,1-2,11H2,(H,12,13)(H,14,15,16). The molecule has 2 rings (SSSR count). The monoisotopic (exact) mass is 220 g/mol. The third kappa shape index (κ3) is 2.10. The van der Waals surface area contributed by atoms with Gasteiger partial charge in [-0.15, -0.1) is 0 Å². The van der Waals surface area contributed by atoms with Crippen molar-refractivity contribution in [1.82, 2.24) is 10.3 Å². The number of carbonyl (C=O) groups excluding carboxylic acids is 2. The van der Waals surface area contributed by atoms with E-state index < -0.39 is 6.04 Å². The molecule has 1 aliphatic rings. The number of hydrogen-bond donors (Lipinski definition) is 3. The van der Waals surface area contributed by atoms with Gasteiger partial charge in [-0.25, -0.2) is 0 Å². The van der Waals surface area contributed by atoms with Crippen molar-refractivity contribution in [3.05, 3.63) is 18.5 Å². The molecule has 6 nitrogen and oxygen atoms in total. The first-order chi connectivity index (χ1) is 7.66. The van der Waals surface area contributed by atoms with Crippen LogP contribution in [-0.2, 0) is 9.59 Å². The molecular weight excluding hydrogens is 208 g/mol. The number of amides is 2. The van der Waals surface area contributed by atoms with E-state index in [1.54, 1.807) is 12.3 Å². The highest BCUT2D eigenvalue weighted by atomic mass is 16.2. The fourth-order valence-electron chi connectivity index (χ4n) is 1.56. The molecule has 1 fully saturated rings. The number of anilines is 2. The Balaban J connectivity index is 2.08. The van der Waals surface area contributed by atoms with Crippen molar-refractivity contribution in [3.63, 3.8) is 0 Å². The normalized spacial score (nSPS) is 20.4. The lowest BCUT2D eigenvalue weighted by Crippen LogP contribution is -2.47. The van der Waals surface area contributed by atoms with E-state index in [1.807, 2.05) is 0 Å². The molecule has 1 aromatic rings. The highest BCUT2D eigenvalue weighted by Gasteiger charge is 2.26. The van der Waals surface area contributed by atoms with Crippen LogP contribution >= 0.6 is 0 Å². The fourth-order valence-corrected chi connectivity index (χ4v) is 1.56. The Morgan fingerprint density at radius 1 is 1.50 bits per heavy atom. The van der Waals surface area contributed by atoms with E-state index >= 15 is 0 Å². The lowest BCUT2D eigenvalue weighted by Gasteiger charge is -2.23. The number of imide groups is 1. The predicted octanol–water partition coefficient (Wildman–Crippen LogP) is -0.119. The third-order valence-corrected chi connectivity index (χ3v) is 2.42. The number of nitrogens with two attached hydrogens (primary N) is 1. The molecule has 1 atom stereocenters. The van der Waals surface area contributed by atoms with Gasteiger partial charge in [0.15, 0.2) is 0 Å². The van der Waals surface area contributed by atoms with Crippen LogP contribution in [-0.4, -0.2) is 22.8 Å². The molecule has 2 heterocycles. The van der Waals surface area contributed by atoms with Crippen LogP contribution < -0.4 is 16.4 Å². The van der Waals surface area contributed by atoms with Crippen LogP contribution in [0.3, 0.4) is 0 Å². The molecule has 1 aromatic heterocycles. The summed E-state index contributed by atoms with van der Waals surface area (Å²) in [5.74, 6) is -0.543. The van der Waals surface area contributed by atoms with E-state index in [2.05, 4.69) is 15.6 Å². The summed E-state index contributed by atoms with van der Waals surface area (Å²) >= 11 is 0. The average Bonchev–Trinajstić information content (AvgIpc) is 2.25. The van der Waals surface area contributed by atoms with Crippen LogP contribution in [0.25, 0.3) is 0 Å². The Bertz CT molecular complexity index is 433. The first-order valence-electron chi connectivity index (χ1n) is 4.96. The van der Waals surface area contributed by atoms with Gasteiger partial charge in [0.1, 0.15) is 6.04 Å². The first kappa shape index (κ1) is 10.4. The highest BCUT2D eigenvalue weighted by molar-refractivity contribution is 6.01. The van der Waals surface area contributed by atoms with E-state index in [0.717, 1.165) is 0 Å². The summed E-state index contributed by atoms with van der Waals surface area (Å²) < 4.78 is 0. The Hall–Kier alpha value is -2.11. The number of piperidine rings is 1. The number of carbonyl (C=O) groups is 2. The van der Waals surface area contributed by atoms with Crippen LogP contribution in [0.15, 0.2) is 18.5 Å². The maximum absolute atomic E-state index is 11.5. The molecule has 0 radical (unpaired) electrons. The number of pyridine rings is 1. The first-order valence-corrected chi connectivity index (χ1v) is 4.96. The van der Waals surface area contributed by atoms with Crippen LogP contribution in [0.4, 0.5) is 11.4 Å². The van der Waals surface area contributed by atoms with Crippen molar-refractivity contribution in [2.24, 2.45) is 0 Å². The Morgan fingerprint density at radius 2 is 2.31 bits per heavy atom. The number of rotatable bonds is 2. The molecule has 16 heavy (non-hydrogen) atoms. The van der Waals surface area contributed by atoms with Gasteiger partial charge in [-0.3, -0.25) is 19.9 Å². The molecule has 0 aromatic carbocycles. The summed E-state index contributed by atoms with van der Waals surface area (Å²) in [5, 5.41) is 5.26. The maximum atomic E-state index is 11.5. The van der Waals surface area contributed by atoms with Gasteiger partial charge in [0.25, 0.3) is 0 Å². The molecule has 2 amide bonds. The minimum atomic E-state index is -0.414. The summed E-state index contributed by atoms with van der Waals surface area (Å²) in [6.45, 7) is 0. The third-order valence-electron chi connectivity index (χ3n) is 2.42. The van der Waals surface area contributed by atoms with Crippen LogP contribution in [0.2, 0.25) is 0 Å². The van der Waals surface area contributed by atoms with Crippen molar-refractivity contribution in [2.45, 2.75) is 18.9 Å². The molecule has 84 valence electrons. The molecule has 6 heteroatoms. The smallest absolute Gasteiger partial charge is 0.249 e. The second-order valence-electron chi connectivity index (χ2n) is 3.61. The maximum Gasteiger partial charge on any atom is 0.249 e. The molecule has 0 spiro atoms. The van der Waals surface area contributed by atoms with Crippen molar-refractivity contribution < 1.29 is 9.59 Å². The summed E-state index contributed by atoms with van der Waals surface area (Å²) in [4.78, 5) is 26.3. The van der Waals surface area contributed by atoms with E-state index in [9.17, 15) is 9.59 Å². The van der Waals surface area contributed by atoms with Crippen molar-refractivity contribution in [1.29, 1.82) is 0 Å². The Labute approximate surface area is 92.2 Å². The van der Waals surface area contributed by atoms with Gasteiger partial charge in [0.05, 0.1) is 17.6 Å². The molecular formula is C10H12N4O2. The average molecular weight is 220 g/mol. The minimum Gasteiger partial charge on any atom is -0.396 e. The summed E-state index contributed by atoms with van der Waals surface area (Å²) in [5.41, 5.74) is 6.82. The van der Waals surface area contributed by atoms with E-state index in [4.69, 9.17) is 5.73 Å². The largest absolute Gasteiger partial charge is 0.396 e. The summed E-state index contributed by atoms with van der Waals surface area (Å²) in [6.07, 6.45) is 3.92. The van der Waals surface area contributed by atoms with Crippen molar-refractivity contribution in [3.8, 4) is 0 Å².